The van der Waals surface area contributed by atoms with Gasteiger partial charge in [-0.3, -0.25) is 0 Å². The van der Waals surface area contributed by atoms with Gasteiger partial charge in [0.05, 0.1) is 0 Å². The van der Waals surface area contributed by atoms with Gasteiger partial charge in [0, 0.05) is 21.8 Å². The van der Waals surface area contributed by atoms with Crippen LogP contribution in [-0.2, 0) is 0 Å². The summed E-state index contributed by atoms with van der Waals surface area (Å²) in [5, 5.41) is 3.61. The molecule has 0 radical (unpaired) electrons. The van der Waals surface area contributed by atoms with Crippen molar-refractivity contribution in [3.05, 3.63) is 28.2 Å². The number of nitrogens with two attached hydrogens (primary N) is 1. The van der Waals surface area contributed by atoms with Gasteiger partial charge in [0.2, 0.25) is 0 Å². The molecule has 1 aromatic carbocycles. The molecule has 2 nitrogen and oxygen atoms in total. The minimum atomic E-state index is 0.429. The van der Waals surface area contributed by atoms with Gasteiger partial charge in [-0.05, 0) is 65.2 Å². The van der Waals surface area contributed by atoms with E-state index in [2.05, 4.69) is 47.2 Å². The molecule has 3 N–H and O–H groups in total. The Morgan fingerprint density at radius 1 is 1.37 bits per heavy atom. The Morgan fingerprint density at radius 3 is 2.53 bits per heavy atom. The highest BCUT2D eigenvalue weighted by Gasteiger charge is 2.26. The second-order valence-corrected chi connectivity index (χ2v) is 7.44. The standard InChI is InChI=1S/C15H21BrN2S/c1-15(2)7-5-10(6-8-15)18-11-3-4-12(14(17)19)13(16)9-11/h3-4,9-10,18H,5-8H2,1-2H3,(H2,17,19). The van der Waals surface area contributed by atoms with E-state index in [4.69, 9.17) is 18.0 Å². The Labute approximate surface area is 129 Å². The molecule has 1 aliphatic rings. The van der Waals surface area contributed by atoms with Crippen LogP contribution < -0.4 is 11.1 Å². The molecule has 19 heavy (non-hydrogen) atoms. The molecular weight excluding hydrogens is 320 g/mol. The van der Waals surface area contributed by atoms with E-state index in [9.17, 15) is 0 Å². The molecule has 0 saturated heterocycles. The third kappa shape index (κ3) is 3.93. The van der Waals surface area contributed by atoms with Gasteiger partial charge in [-0.15, -0.1) is 0 Å². The average Bonchev–Trinajstić information content (AvgIpc) is 2.31. The zero-order valence-electron chi connectivity index (χ0n) is 11.5. The normalized spacial score (nSPS) is 19.1. The van der Waals surface area contributed by atoms with Crippen LogP contribution in [0.1, 0.15) is 45.1 Å². The molecule has 1 aromatic rings. The number of benzene rings is 1. The molecule has 0 atom stereocenters. The zero-order chi connectivity index (χ0) is 14.0. The van der Waals surface area contributed by atoms with Crippen molar-refractivity contribution in [2.24, 2.45) is 11.1 Å². The van der Waals surface area contributed by atoms with Crippen LogP contribution in [0.3, 0.4) is 0 Å². The first kappa shape index (κ1) is 14.8. The second-order valence-electron chi connectivity index (χ2n) is 6.14. The highest BCUT2D eigenvalue weighted by Crippen LogP contribution is 2.36. The SMILES string of the molecule is CC1(C)CCC(Nc2ccc(C(N)=S)c(Br)c2)CC1. The Hall–Kier alpha value is -0.610. The molecule has 0 bridgehead atoms. The molecule has 0 unspecified atom stereocenters. The van der Waals surface area contributed by atoms with Gasteiger partial charge in [0.25, 0.3) is 0 Å². The molecule has 104 valence electrons. The van der Waals surface area contributed by atoms with E-state index in [-0.39, 0.29) is 0 Å². The molecule has 0 aliphatic heterocycles. The molecular formula is C15H21BrN2S. The molecule has 1 saturated carbocycles. The van der Waals surface area contributed by atoms with Crippen LogP contribution in [0.5, 0.6) is 0 Å². The number of halogens is 1. The lowest BCUT2D eigenvalue weighted by Gasteiger charge is -2.35. The molecule has 1 aliphatic carbocycles. The maximum atomic E-state index is 5.66. The first-order valence-corrected chi connectivity index (χ1v) is 7.93. The lowest BCUT2D eigenvalue weighted by molar-refractivity contribution is 0.232. The van der Waals surface area contributed by atoms with Gasteiger partial charge in [0.1, 0.15) is 4.99 Å². The molecule has 0 heterocycles. The average molecular weight is 341 g/mol. The van der Waals surface area contributed by atoms with Gasteiger partial charge < -0.3 is 11.1 Å². The van der Waals surface area contributed by atoms with Crippen molar-refractivity contribution in [2.45, 2.75) is 45.6 Å². The summed E-state index contributed by atoms with van der Waals surface area (Å²) < 4.78 is 0.959. The van der Waals surface area contributed by atoms with Crippen molar-refractivity contribution < 1.29 is 0 Å². The largest absolute Gasteiger partial charge is 0.389 e. The minimum absolute atomic E-state index is 0.429. The minimum Gasteiger partial charge on any atom is -0.389 e. The molecule has 1 fully saturated rings. The van der Waals surface area contributed by atoms with Crippen molar-refractivity contribution >= 4 is 38.8 Å². The molecule has 0 amide bonds. The predicted molar refractivity (Wildman–Crippen MR) is 89.7 cm³/mol. The van der Waals surface area contributed by atoms with Crippen LogP contribution in [0.15, 0.2) is 22.7 Å². The third-order valence-corrected chi connectivity index (χ3v) is 4.82. The highest BCUT2D eigenvalue weighted by molar-refractivity contribution is 9.10. The van der Waals surface area contributed by atoms with Crippen LogP contribution >= 0.6 is 28.1 Å². The Kier molecular flexibility index (Phi) is 4.51. The maximum absolute atomic E-state index is 5.66. The van der Waals surface area contributed by atoms with Crippen LogP contribution in [-0.4, -0.2) is 11.0 Å². The van der Waals surface area contributed by atoms with Gasteiger partial charge in [-0.25, -0.2) is 0 Å². The summed E-state index contributed by atoms with van der Waals surface area (Å²) in [5.74, 6) is 0. The highest BCUT2D eigenvalue weighted by atomic mass is 79.9. The predicted octanol–water partition coefficient (Wildman–Crippen LogP) is 4.46. The van der Waals surface area contributed by atoms with Gasteiger partial charge in [-0.2, -0.15) is 0 Å². The number of hydrogen-bond acceptors (Lipinski definition) is 2. The lowest BCUT2D eigenvalue weighted by atomic mass is 9.75. The number of anilines is 1. The Balaban J connectivity index is 2.01. The molecule has 4 heteroatoms. The maximum Gasteiger partial charge on any atom is 0.105 e. The fourth-order valence-electron chi connectivity index (χ4n) is 2.58. The van der Waals surface area contributed by atoms with E-state index >= 15 is 0 Å². The fourth-order valence-corrected chi connectivity index (χ4v) is 3.49. The van der Waals surface area contributed by atoms with Crippen molar-refractivity contribution in [1.29, 1.82) is 0 Å². The number of rotatable bonds is 3. The van der Waals surface area contributed by atoms with Crippen molar-refractivity contribution in [2.75, 3.05) is 5.32 Å². The summed E-state index contributed by atoms with van der Waals surface area (Å²) >= 11 is 8.53. The van der Waals surface area contributed by atoms with Crippen LogP contribution in [0.25, 0.3) is 0 Å². The van der Waals surface area contributed by atoms with Crippen molar-refractivity contribution in [1.82, 2.24) is 0 Å². The lowest BCUT2D eigenvalue weighted by Crippen LogP contribution is -2.29. The molecule has 0 spiro atoms. The van der Waals surface area contributed by atoms with E-state index < -0.39 is 0 Å². The molecule has 0 aromatic heterocycles. The topological polar surface area (TPSA) is 38.0 Å². The zero-order valence-corrected chi connectivity index (χ0v) is 13.9. The number of hydrogen-bond donors (Lipinski definition) is 2. The van der Waals surface area contributed by atoms with Gasteiger partial charge in [0.15, 0.2) is 0 Å². The summed E-state index contributed by atoms with van der Waals surface area (Å²) in [6.07, 6.45) is 5.05. The third-order valence-electron chi connectivity index (χ3n) is 3.94. The number of nitrogens with one attached hydrogen (secondary N) is 1. The summed E-state index contributed by atoms with van der Waals surface area (Å²) in [6, 6.07) is 6.67. The summed E-state index contributed by atoms with van der Waals surface area (Å²) in [4.78, 5) is 0.429. The van der Waals surface area contributed by atoms with Crippen LogP contribution in [0, 0.1) is 5.41 Å². The van der Waals surface area contributed by atoms with Gasteiger partial charge >= 0.3 is 0 Å². The quantitative estimate of drug-likeness (QED) is 0.797. The fraction of sp³-hybridized carbons (Fsp3) is 0.533. The van der Waals surface area contributed by atoms with E-state index in [0.717, 1.165) is 15.7 Å². The van der Waals surface area contributed by atoms with Crippen molar-refractivity contribution in [3.8, 4) is 0 Å². The summed E-state index contributed by atoms with van der Waals surface area (Å²) in [5.41, 5.74) is 8.20. The summed E-state index contributed by atoms with van der Waals surface area (Å²) in [7, 11) is 0. The molecule has 2 rings (SSSR count). The first-order chi connectivity index (χ1) is 8.87. The monoisotopic (exact) mass is 340 g/mol. The number of thiocarbonyl (C=S) groups is 1. The summed E-state index contributed by atoms with van der Waals surface area (Å²) in [6.45, 7) is 4.72. The Morgan fingerprint density at radius 2 is 2.00 bits per heavy atom. The second kappa shape index (κ2) is 5.80. The van der Waals surface area contributed by atoms with E-state index in [1.165, 1.54) is 25.7 Å². The van der Waals surface area contributed by atoms with Crippen molar-refractivity contribution in [3.63, 3.8) is 0 Å². The van der Waals surface area contributed by atoms with Crippen LogP contribution in [0.4, 0.5) is 5.69 Å². The van der Waals surface area contributed by atoms with E-state index in [1.54, 1.807) is 0 Å². The van der Waals surface area contributed by atoms with E-state index in [0.29, 0.717) is 16.4 Å². The van der Waals surface area contributed by atoms with Gasteiger partial charge in [-0.1, -0.05) is 26.1 Å². The van der Waals surface area contributed by atoms with E-state index in [1.807, 2.05) is 6.07 Å². The first-order valence-electron chi connectivity index (χ1n) is 6.73. The van der Waals surface area contributed by atoms with Crippen LogP contribution in [0.2, 0.25) is 0 Å². The smallest absolute Gasteiger partial charge is 0.105 e. The Bertz CT molecular complexity index is 475.